The second-order valence-electron chi connectivity index (χ2n) is 3.75. The molecule has 0 saturated heterocycles. The van der Waals surface area contributed by atoms with E-state index in [4.69, 9.17) is 0 Å². The molecule has 0 heterocycles. The maximum Gasteiger partial charge on any atom is -1.00 e. The first-order chi connectivity index (χ1) is 4.52. The van der Waals surface area contributed by atoms with Crippen LogP contribution in [0.15, 0.2) is 19.0 Å². The van der Waals surface area contributed by atoms with Crippen LogP contribution in [0, 0.1) is 0 Å². The van der Waals surface area contributed by atoms with Crippen LogP contribution in [0.4, 0.5) is 0 Å². The van der Waals surface area contributed by atoms with E-state index < -0.39 is 18.4 Å². The number of rotatable bonds is 1. The molecule has 0 atom stereocenters. The third-order valence-electron chi connectivity index (χ3n) is 1.74. The predicted molar refractivity (Wildman–Crippen MR) is 46.4 cm³/mol. The van der Waals surface area contributed by atoms with Gasteiger partial charge in [0.2, 0.25) is 0 Å². The van der Waals surface area contributed by atoms with Gasteiger partial charge in [0.15, 0.2) is 0 Å². The molecule has 0 aromatic heterocycles. The standard InChI is InChI=1S/C5H4.3CH3.Sn.Zr.2H/c1-2-4-5-3-1;;;;;;;/h1-2H,3H2;3*1H3;;;;/q;;;;;;2*-1. The van der Waals surface area contributed by atoms with E-state index in [-0.39, 0.29) is 2.85 Å². The van der Waals surface area contributed by atoms with Crippen molar-refractivity contribution in [2.24, 2.45) is 0 Å². The van der Waals surface area contributed by atoms with Gasteiger partial charge in [-0.05, 0) is 0 Å². The fourth-order valence-corrected chi connectivity index (χ4v) is 12.5. The van der Waals surface area contributed by atoms with Crippen molar-refractivity contribution in [3.63, 3.8) is 0 Å². The molecule has 1 aliphatic carbocycles. The van der Waals surface area contributed by atoms with Gasteiger partial charge in [0, 0.05) is 0 Å². The molecule has 0 saturated carbocycles. The van der Waals surface area contributed by atoms with Gasteiger partial charge in [-0.2, -0.15) is 0 Å². The van der Waals surface area contributed by atoms with Crippen LogP contribution in [0.5, 0.6) is 0 Å². The Morgan fingerprint density at radius 2 is 2.10 bits per heavy atom. The maximum absolute atomic E-state index is 2.49. The molecule has 0 fully saturated rings. The van der Waals surface area contributed by atoms with E-state index >= 15 is 0 Å². The van der Waals surface area contributed by atoms with E-state index in [9.17, 15) is 0 Å². The summed E-state index contributed by atoms with van der Waals surface area (Å²) in [5, 5.41) is 0. The van der Waals surface area contributed by atoms with Crippen LogP contribution in [0.25, 0.3) is 0 Å². The number of hydrogen-bond donors (Lipinski definition) is 0. The summed E-state index contributed by atoms with van der Waals surface area (Å²) in [6.07, 6.45) is 5.95. The maximum atomic E-state index is 2.49. The Morgan fingerprint density at radius 1 is 1.50 bits per heavy atom. The summed E-state index contributed by atoms with van der Waals surface area (Å²) < 4.78 is 3.49. The quantitative estimate of drug-likeness (QED) is 0.652. The summed E-state index contributed by atoms with van der Waals surface area (Å²) in [6.45, 7) is 0. The second kappa shape index (κ2) is 3.27. The topological polar surface area (TPSA) is 0 Å². The molecule has 0 bridgehead atoms. The zero-order chi connectivity index (χ0) is 7.78. The van der Waals surface area contributed by atoms with Crippen molar-refractivity contribution in [2.75, 3.05) is 0 Å². The van der Waals surface area contributed by atoms with Crippen LogP contribution < -0.4 is 0 Å². The van der Waals surface area contributed by atoms with Crippen LogP contribution in [0.2, 0.25) is 14.8 Å². The normalized spacial score (nSPS) is 18.6. The largest absolute Gasteiger partial charge is 1.00 e. The van der Waals surface area contributed by atoms with Gasteiger partial charge in [0.05, 0.1) is 0 Å². The molecule has 0 aliphatic heterocycles. The Balaban J connectivity index is 0. The predicted octanol–water partition coefficient (Wildman–Crippen LogP) is 2.85. The van der Waals surface area contributed by atoms with Crippen LogP contribution in [0.3, 0.4) is 0 Å². The van der Waals surface area contributed by atoms with E-state index in [1.54, 1.807) is 31.6 Å². The smallest absolute Gasteiger partial charge is 1.00 e. The van der Waals surface area contributed by atoms with Gasteiger partial charge in [-0.25, -0.2) is 0 Å². The first kappa shape index (κ1) is 9.25. The summed E-state index contributed by atoms with van der Waals surface area (Å²) in [6, 6.07) is 0. The Bertz CT molecular complexity index is 204. The minimum absolute atomic E-state index is 0. The molecule has 0 unspecified atom stereocenters. The van der Waals surface area contributed by atoms with Crippen molar-refractivity contribution in [1.82, 2.24) is 0 Å². The summed E-state index contributed by atoms with van der Waals surface area (Å²) in [5.74, 6) is 0. The summed E-state index contributed by atoms with van der Waals surface area (Å²) in [4.78, 5) is 7.47. The van der Waals surface area contributed by atoms with Crippen LogP contribution in [-0.4, -0.2) is 18.4 Å². The number of allylic oxidation sites excluding steroid dienone is 4. The van der Waals surface area contributed by atoms with Crippen LogP contribution in [0.1, 0.15) is 9.27 Å². The van der Waals surface area contributed by atoms with Crippen molar-refractivity contribution in [2.45, 2.75) is 21.2 Å². The molecule has 0 nitrogen and oxygen atoms in total. The molecular weight excluding hydrogens is 306 g/mol. The van der Waals surface area contributed by atoms with Gasteiger partial charge in [-0.3, -0.25) is 0 Å². The zero-order valence-corrected chi connectivity index (χ0v) is 12.2. The molecule has 2 heteroatoms. The SMILES string of the molecule is [CH3][Sn]([CH3])([CH3])[C]1=[C]([Zr])CC=C1.[H-].[H-]. The molecule has 10 heavy (non-hydrogen) atoms. The van der Waals surface area contributed by atoms with Crippen LogP contribution >= 0.6 is 0 Å². The third-order valence-corrected chi connectivity index (χ3v) is 10.6. The molecular formula is C8H15SnZr-2. The van der Waals surface area contributed by atoms with E-state index in [1.807, 2.05) is 0 Å². The Hall–Kier alpha value is 1.16. The van der Waals surface area contributed by atoms with Crippen molar-refractivity contribution in [3.8, 4) is 0 Å². The summed E-state index contributed by atoms with van der Waals surface area (Å²) in [5.41, 5.74) is 0. The molecule has 57 valence electrons. The minimum Gasteiger partial charge on any atom is -1.00 e. The van der Waals surface area contributed by atoms with Gasteiger partial charge in [-0.15, -0.1) is 0 Å². The zero-order valence-electron chi connectivity index (χ0n) is 8.86. The Morgan fingerprint density at radius 3 is 2.30 bits per heavy atom. The van der Waals surface area contributed by atoms with Crippen molar-refractivity contribution >= 4 is 18.4 Å². The average Bonchev–Trinajstić information content (AvgIpc) is 2.11. The van der Waals surface area contributed by atoms with E-state index in [2.05, 4.69) is 27.0 Å². The molecule has 0 aromatic rings. The van der Waals surface area contributed by atoms with E-state index in [0.29, 0.717) is 0 Å². The third kappa shape index (κ3) is 2.07. The Kier molecular flexibility index (Phi) is 3.02. The van der Waals surface area contributed by atoms with Crippen molar-refractivity contribution in [3.05, 3.63) is 19.0 Å². The molecule has 0 amide bonds. The fourth-order valence-electron chi connectivity index (χ4n) is 1.21. The van der Waals surface area contributed by atoms with Gasteiger partial charge >= 0.3 is 83.4 Å². The molecule has 1 aliphatic rings. The molecule has 0 radical (unpaired) electrons. The van der Waals surface area contributed by atoms with Crippen LogP contribution in [-0.2, 0) is 24.7 Å². The molecule has 0 spiro atoms. The number of hydrogen-bond acceptors (Lipinski definition) is 0. The fraction of sp³-hybridized carbons (Fsp3) is 0.500. The van der Waals surface area contributed by atoms with Gasteiger partial charge in [0.25, 0.3) is 0 Å². The van der Waals surface area contributed by atoms with Gasteiger partial charge < -0.3 is 2.85 Å². The summed E-state index contributed by atoms with van der Waals surface area (Å²) >= 11 is -0.0227. The summed E-state index contributed by atoms with van der Waals surface area (Å²) in [7, 11) is 0. The van der Waals surface area contributed by atoms with Gasteiger partial charge in [-0.1, -0.05) is 0 Å². The van der Waals surface area contributed by atoms with E-state index in [1.165, 1.54) is 6.42 Å². The average molecular weight is 321 g/mol. The minimum atomic E-state index is -1.66. The Labute approximate surface area is 85.5 Å². The van der Waals surface area contributed by atoms with Crippen molar-refractivity contribution < 1.29 is 27.6 Å². The first-order valence-corrected chi connectivity index (χ1v) is 14.9. The van der Waals surface area contributed by atoms with Gasteiger partial charge in [0.1, 0.15) is 0 Å². The monoisotopic (exact) mass is 321 g/mol. The van der Waals surface area contributed by atoms with E-state index in [0.717, 1.165) is 0 Å². The molecule has 0 aromatic carbocycles. The first-order valence-electron chi connectivity index (χ1n) is 3.63. The second-order valence-corrected chi connectivity index (χ2v) is 19.6. The van der Waals surface area contributed by atoms with Crippen molar-refractivity contribution in [1.29, 1.82) is 0 Å². The molecule has 1 rings (SSSR count). The molecule has 0 N–H and O–H groups in total.